The van der Waals surface area contributed by atoms with Gasteiger partial charge in [-0.25, -0.2) is 9.37 Å². The average molecular weight is 220 g/mol. The first-order chi connectivity index (χ1) is 7.16. The topological polar surface area (TPSA) is 17.8 Å². The molecule has 0 radical (unpaired) electrons. The average Bonchev–Trinajstić information content (AvgIpc) is 2.67. The van der Waals surface area contributed by atoms with E-state index in [9.17, 15) is 4.39 Å². The van der Waals surface area contributed by atoms with E-state index in [2.05, 4.69) is 9.55 Å². The van der Waals surface area contributed by atoms with Crippen molar-refractivity contribution in [3.63, 3.8) is 0 Å². The van der Waals surface area contributed by atoms with Gasteiger partial charge >= 0.3 is 0 Å². The van der Waals surface area contributed by atoms with Crippen LogP contribution in [0.5, 0.6) is 0 Å². The van der Waals surface area contributed by atoms with E-state index in [1.54, 1.807) is 23.5 Å². The Morgan fingerprint density at radius 2 is 2.20 bits per heavy atom. The Bertz CT molecular complexity index is 666. The molecule has 3 rings (SSSR count). The lowest BCUT2D eigenvalue weighted by atomic mass is 10.2. The van der Waals surface area contributed by atoms with Gasteiger partial charge in [-0.2, -0.15) is 0 Å². The standard InChI is InChI=1S/C11H9FN2S/c1-6-13-10-8-5-7(12)3-4-9(8)14(2)11(10)15-6/h3-5H,1-2H3. The molecule has 0 aliphatic heterocycles. The van der Waals surface area contributed by atoms with Gasteiger partial charge in [0, 0.05) is 12.4 Å². The third kappa shape index (κ3) is 1.11. The molecule has 0 amide bonds. The van der Waals surface area contributed by atoms with Crippen molar-refractivity contribution in [1.82, 2.24) is 9.55 Å². The minimum atomic E-state index is -0.208. The lowest BCUT2D eigenvalue weighted by Crippen LogP contribution is -1.84. The van der Waals surface area contributed by atoms with E-state index in [1.807, 2.05) is 14.0 Å². The van der Waals surface area contributed by atoms with E-state index in [0.29, 0.717) is 0 Å². The number of halogens is 1. The van der Waals surface area contributed by atoms with Gasteiger partial charge in [0.1, 0.15) is 16.2 Å². The van der Waals surface area contributed by atoms with E-state index in [0.717, 1.165) is 26.3 Å². The number of aromatic nitrogens is 2. The quantitative estimate of drug-likeness (QED) is 0.568. The van der Waals surface area contributed by atoms with Gasteiger partial charge in [0.2, 0.25) is 0 Å². The molecule has 0 spiro atoms. The highest BCUT2D eigenvalue weighted by molar-refractivity contribution is 7.18. The molecular weight excluding hydrogens is 211 g/mol. The first kappa shape index (κ1) is 8.85. The maximum absolute atomic E-state index is 13.1. The molecule has 15 heavy (non-hydrogen) atoms. The molecule has 2 nitrogen and oxygen atoms in total. The minimum Gasteiger partial charge on any atom is -0.334 e. The van der Waals surface area contributed by atoms with E-state index in [1.165, 1.54) is 6.07 Å². The summed E-state index contributed by atoms with van der Waals surface area (Å²) in [5.74, 6) is -0.208. The van der Waals surface area contributed by atoms with Crippen LogP contribution in [0.25, 0.3) is 21.3 Å². The Morgan fingerprint density at radius 1 is 1.40 bits per heavy atom. The normalized spacial score (nSPS) is 11.7. The van der Waals surface area contributed by atoms with Crippen LogP contribution in [0.2, 0.25) is 0 Å². The molecular formula is C11H9FN2S. The van der Waals surface area contributed by atoms with Crippen LogP contribution in [0.1, 0.15) is 5.01 Å². The zero-order chi connectivity index (χ0) is 10.6. The van der Waals surface area contributed by atoms with Gasteiger partial charge in [0.25, 0.3) is 0 Å². The van der Waals surface area contributed by atoms with Gasteiger partial charge in [-0.05, 0) is 25.1 Å². The van der Waals surface area contributed by atoms with E-state index >= 15 is 0 Å². The molecule has 3 aromatic rings. The number of fused-ring (bicyclic) bond motifs is 3. The Hall–Kier alpha value is -1.42. The number of hydrogen-bond donors (Lipinski definition) is 0. The summed E-state index contributed by atoms with van der Waals surface area (Å²) in [5, 5.41) is 1.92. The summed E-state index contributed by atoms with van der Waals surface area (Å²) in [6.45, 7) is 1.97. The fraction of sp³-hybridized carbons (Fsp3) is 0.182. The molecule has 2 heterocycles. The zero-order valence-corrected chi connectivity index (χ0v) is 9.23. The molecule has 0 unspecified atom stereocenters. The van der Waals surface area contributed by atoms with Crippen molar-refractivity contribution >= 4 is 32.6 Å². The molecule has 0 N–H and O–H groups in total. The Kier molecular flexibility index (Phi) is 1.65. The van der Waals surface area contributed by atoms with Gasteiger partial charge in [0.05, 0.1) is 10.5 Å². The maximum Gasteiger partial charge on any atom is 0.124 e. The summed E-state index contributed by atoms with van der Waals surface area (Å²) in [5.41, 5.74) is 1.94. The lowest BCUT2D eigenvalue weighted by Gasteiger charge is -1.95. The van der Waals surface area contributed by atoms with E-state index in [4.69, 9.17) is 0 Å². The second-order valence-electron chi connectivity index (χ2n) is 3.61. The highest BCUT2D eigenvalue weighted by Crippen LogP contribution is 2.31. The smallest absolute Gasteiger partial charge is 0.124 e. The molecule has 2 aromatic heterocycles. The number of thiazole rings is 1. The maximum atomic E-state index is 13.1. The summed E-state index contributed by atoms with van der Waals surface area (Å²) in [7, 11) is 1.99. The predicted octanol–water partition coefficient (Wildman–Crippen LogP) is 3.24. The van der Waals surface area contributed by atoms with Crippen LogP contribution in [0.4, 0.5) is 4.39 Å². The monoisotopic (exact) mass is 220 g/mol. The number of nitrogens with zero attached hydrogens (tertiary/aromatic N) is 2. The molecule has 4 heteroatoms. The molecule has 0 aliphatic carbocycles. The molecule has 0 atom stereocenters. The van der Waals surface area contributed by atoms with E-state index in [-0.39, 0.29) is 5.82 Å². The van der Waals surface area contributed by atoms with Gasteiger partial charge < -0.3 is 4.57 Å². The molecule has 0 aliphatic rings. The third-order valence-electron chi connectivity index (χ3n) is 2.60. The minimum absolute atomic E-state index is 0.208. The molecule has 0 saturated carbocycles. The Labute approximate surface area is 90.0 Å². The van der Waals surface area contributed by atoms with Crippen molar-refractivity contribution in [2.45, 2.75) is 6.92 Å². The zero-order valence-electron chi connectivity index (χ0n) is 8.41. The van der Waals surface area contributed by atoms with Gasteiger partial charge in [-0.15, -0.1) is 11.3 Å². The number of rotatable bonds is 0. The van der Waals surface area contributed by atoms with Gasteiger partial charge in [-0.1, -0.05) is 0 Å². The molecule has 0 bridgehead atoms. The van der Waals surface area contributed by atoms with Crippen molar-refractivity contribution in [2.75, 3.05) is 0 Å². The van der Waals surface area contributed by atoms with Crippen molar-refractivity contribution in [1.29, 1.82) is 0 Å². The largest absolute Gasteiger partial charge is 0.334 e. The third-order valence-corrected chi connectivity index (χ3v) is 3.64. The fourth-order valence-electron chi connectivity index (χ4n) is 1.92. The fourth-order valence-corrected chi connectivity index (χ4v) is 2.82. The summed E-state index contributed by atoms with van der Waals surface area (Å²) >= 11 is 1.64. The SMILES string of the molecule is Cc1nc2c3cc(F)ccc3n(C)c2s1. The van der Waals surface area contributed by atoms with Crippen LogP contribution < -0.4 is 0 Å². The Morgan fingerprint density at radius 3 is 3.00 bits per heavy atom. The first-order valence-electron chi connectivity index (χ1n) is 4.68. The first-order valence-corrected chi connectivity index (χ1v) is 5.49. The second-order valence-corrected chi connectivity index (χ2v) is 4.79. The molecule has 1 aromatic carbocycles. The highest BCUT2D eigenvalue weighted by Gasteiger charge is 2.12. The molecule has 0 fully saturated rings. The summed E-state index contributed by atoms with van der Waals surface area (Å²) in [6.07, 6.45) is 0. The Balaban J connectivity index is 2.60. The van der Waals surface area contributed by atoms with Crippen molar-refractivity contribution in [2.24, 2.45) is 7.05 Å². The number of hydrogen-bond acceptors (Lipinski definition) is 2. The summed E-state index contributed by atoms with van der Waals surface area (Å²) in [6, 6.07) is 4.84. The van der Waals surface area contributed by atoms with E-state index < -0.39 is 0 Å². The van der Waals surface area contributed by atoms with Crippen molar-refractivity contribution < 1.29 is 4.39 Å². The van der Waals surface area contributed by atoms with Gasteiger partial charge in [0.15, 0.2) is 0 Å². The van der Waals surface area contributed by atoms with Gasteiger partial charge in [-0.3, -0.25) is 0 Å². The van der Waals surface area contributed by atoms with Crippen LogP contribution in [0.15, 0.2) is 18.2 Å². The summed E-state index contributed by atoms with van der Waals surface area (Å²) < 4.78 is 15.2. The number of aryl methyl sites for hydroxylation is 2. The van der Waals surface area contributed by atoms with Crippen LogP contribution in [0.3, 0.4) is 0 Å². The molecule has 76 valence electrons. The van der Waals surface area contributed by atoms with Crippen LogP contribution >= 0.6 is 11.3 Å². The van der Waals surface area contributed by atoms with Crippen LogP contribution in [0, 0.1) is 12.7 Å². The van der Waals surface area contributed by atoms with Crippen LogP contribution in [-0.2, 0) is 7.05 Å². The molecule has 0 saturated heterocycles. The second kappa shape index (κ2) is 2.79. The van der Waals surface area contributed by atoms with Crippen LogP contribution in [-0.4, -0.2) is 9.55 Å². The number of benzene rings is 1. The van der Waals surface area contributed by atoms with Crippen molar-refractivity contribution in [3.05, 3.63) is 29.0 Å². The predicted molar refractivity (Wildman–Crippen MR) is 60.8 cm³/mol. The lowest BCUT2D eigenvalue weighted by molar-refractivity contribution is 0.629. The summed E-state index contributed by atoms with van der Waals surface area (Å²) in [4.78, 5) is 5.54. The van der Waals surface area contributed by atoms with Crippen molar-refractivity contribution in [3.8, 4) is 0 Å². The highest BCUT2D eigenvalue weighted by atomic mass is 32.1.